The van der Waals surface area contributed by atoms with E-state index in [1.54, 1.807) is 0 Å². The number of halogens is 2. The van der Waals surface area contributed by atoms with Crippen LogP contribution in [0.15, 0.2) is 12.1 Å². The molecule has 0 saturated heterocycles. The van der Waals surface area contributed by atoms with Gasteiger partial charge in [-0.25, -0.2) is 0 Å². The molecule has 0 radical (unpaired) electrons. The lowest BCUT2D eigenvalue weighted by Gasteiger charge is -2.15. The van der Waals surface area contributed by atoms with Crippen molar-refractivity contribution in [2.45, 2.75) is 19.9 Å². The predicted molar refractivity (Wildman–Crippen MR) is 69.6 cm³/mol. The van der Waals surface area contributed by atoms with Crippen LogP contribution in [0.1, 0.15) is 13.8 Å². The molecule has 0 heterocycles. The monoisotopic (exact) mass is 276 g/mol. The number of phenols is 1. The molecule has 17 heavy (non-hydrogen) atoms. The number of anilines is 1. The number of carbonyl (C=O) groups excluding carboxylic acids is 1. The standard InChI is InChI=1S/C11H14Cl2N2O2/c1-5(2)9(14)11(17)15-6-3-7(12)10(16)8(13)4-6/h3-5,9,16H,14H2,1-2H3,(H,15,17)/t9-/m1/s1. The number of nitrogens with two attached hydrogens (primary N) is 1. The molecule has 1 atom stereocenters. The minimum Gasteiger partial charge on any atom is -0.505 e. The van der Waals surface area contributed by atoms with Crippen LogP contribution in [0.25, 0.3) is 0 Å². The zero-order valence-corrected chi connectivity index (χ0v) is 11.0. The Labute approximate surface area is 110 Å². The van der Waals surface area contributed by atoms with Gasteiger partial charge in [0.2, 0.25) is 5.91 Å². The summed E-state index contributed by atoms with van der Waals surface area (Å²) < 4.78 is 0. The highest BCUT2D eigenvalue weighted by molar-refractivity contribution is 6.37. The molecule has 4 nitrogen and oxygen atoms in total. The lowest BCUT2D eigenvalue weighted by Crippen LogP contribution is -2.39. The summed E-state index contributed by atoms with van der Waals surface area (Å²) in [5, 5.41) is 12.1. The van der Waals surface area contributed by atoms with Gasteiger partial charge in [0, 0.05) is 5.69 Å². The van der Waals surface area contributed by atoms with Gasteiger partial charge in [-0.3, -0.25) is 4.79 Å². The Kier molecular flexibility index (Phi) is 4.62. The highest BCUT2D eigenvalue weighted by Crippen LogP contribution is 2.34. The number of hydrogen-bond donors (Lipinski definition) is 3. The van der Waals surface area contributed by atoms with Gasteiger partial charge < -0.3 is 16.2 Å². The van der Waals surface area contributed by atoms with Crippen LogP contribution >= 0.6 is 23.2 Å². The number of phenolic OH excluding ortho intramolecular Hbond substituents is 1. The Hall–Kier alpha value is -0.970. The summed E-state index contributed by atoms with van der Waals surface area (Å²) in [5.41, 5.74) is 6.09. The van der Waals surface area contributed by atoms with Gasteiger partial charge in [0.05, 0.1) is 16.1 Å². The van der Waals surface area contributed by atoms with Crippen LogP contribution in [-0.2, 0) is 4.79 Å². The normalized spacial score (nSPS) is 12.6. The summed E-state index contributed by atoms with van der Waals surface area (Å²) in [6.07, 6.45) is 0. The molecule has 0 aliphatic rings. The second kappa shape index (κ2) is 5.58. The van der Waals surface area contributed by atoms with Crippen LogP contribution in [-0.4, -0.2) is 17.1 Å². The molecule has 0 saturated carbocycles. The van der Waals surface area contributed by atoms with E-state index >= 15 is 0 Å². The van der Waals surface area contributed by atoms with Gasteiger partial charge in [0.15, 0.2) is 5.75 Å². The molecule has 6 heteroatoms. The van der Waals surface area contributed by atoms with Gasteiger partial charge in [-0.05, 0) is 18.1 Å². The van der Waals surface area contributed by atoms with Crippen LogP contribution in [0, 0.1) is 5.92 Å². The van der Waals surface area contributed by atoms with E-state index in [2.05, 4.69) is 5.32 Å². The average molecular weight is 277 g/mol. The number of aromatic hydroxyl groups is 1. The fourth-order valence-corrected chi connectivity index (χ4v) is 1.65. The lowest BCUT2D eigenvalue weighted by molar-refractivity contribution is -0.118. The Morgan fingerprint density at radius 3 is 2.24 bits per heavy atom. The SMILES string of the molecule is CC(C)[C@@H](N)C(=O)Nc1cc(Cl)c(O)c(Cl)c1. The molecule has 1 aromatic carbocycles. The summed E-state index contributed by atoms with van der Waals surface area (Å²) in [7, 11) is 0. The zero-order chi connectivity index (χ0) is 13.2. The summed E-state index contributed by atoms with van der Waals surface area (Å²) in [4.78, 5) is 11.7. The molecule has 0 aliphatic heterocycles. The Bertz CT molecular complexity index is 412. The highest BCUT2D eigenvalue weighted by atomic mass is 35.5. The van der Waals surface area contributed by atoms with Crippen LogP contribution < -0.4 is 11.1 Å². The van der Waals surface area contributed by atoms with Crippen molar-refractivity contribution in [2.24, 2.45) is 11.7 Å². The van der Waals surface area contributed by atoms with Crippen molar-refractivity contribution in [3.05, 3.63) is 22.2 Å². The highest BCUT2D eigenvalue weighted by Gasteiger charge is 2.18. The minimum atomic E-state index is -0.610. The number of carbonyl (C=O) groups is 1. The van der Waals surface area contributed by atoms with Crippen molar-refractivity contribution < 1.29 is 9.90 Å². The molecule has 4 N–H and O–H groups in total. The van der Waals surface area contributed by atoms with E-state index < -0.39 is 6.04 Å². The first-order valence-corrected chi connectivity index (χ1v) is 5.83. The average Bonchev–Trinajstić information content (AvgIpc) is 2.24. The maximum atomic E-state index is 11.7. The molecule has 1 aromatic rings. The van der Waals surface area contributed by atoms with Crippen molar-refractivity contribution in [3.63, 3.8) is 0 Å². The van der Waals surface area contributed by atoms with E-state index in [1.807, 2.05) is 13.8 Å². The first kappa shape index (κ1) is 14.1. The molecule has 0 bridgehead atoms. The van der Waals surface area contributed by atoms with E-state index in [-0.39, 0.29) is 27.6 Å². The third-order valence-corrected chi connectivity index (χ3v) is 2.88. The first-order valence-electron chi connectivity index (χ1n) is 5.07. The minimum absolute atomic E-state index is 0.0260. The Morgan fingerprint density at radius 1 is 1.35 bits per heavy atom. The van der Waals surface area contributed by atoms with E-state index in [4.69, 9.17) is 28.9 Å². The maximum absolute atomic E-state index is 11.7. The number of nitrogens with one attached hydrogen (secondary N) is 1. The number of hydrogen-bond acceptors (Lipinski definition) is 3. The number of rotatable bonds is 3. The van der Waals surface area contributed by atoms with Crippen LogP contribution in [0.2, 0.25) is 10.0 Å². The van der Waals surface area contributed by atoms with Crippen molar-refractivity contribution in [1.82, 2.24) is 0 Å². The fourth-order valence-electron chi connectivity index (χ4n) is 1.17. The smallest absolute Gasteiger partial charge is 0.241 e. The van der Waals surface area contributed by atoms with E-state index in [0.29, 0.717) is 5.69 Å². The summed E-state index contributed by atoms with van der Waals surface area (Å²) in [6, 6.07) is 2.21. The maximum Gasteiger partial charge on any atom is 0.241 e. The molecule has 0 aromatic heterocycles. The first-order chi connectivity index (χ1) is 7.82. The molecular weight excluding hydrogens is 263 g/mol. The van der Waals surface area contributed by atoms with Gasteiger partial charge in [-0.2, -0.15) is 0 Å². The topological polar surface area (TPSA) is 75.4 Å². The third-order valence-electron chi connectivity index (χ3n) is 2.31. The van der Waals surface area contributed by atoms with E-state index in [9.17, 15) is 9.90 Å². The molecule has 1 amide bonds. The molecule has 0 aliphatic carbocycles. The van der Waals surface area contributed by atoms with Crippen LogP contribution in [0.3, 0.4) is 0 Å². The quantitative estimate of drug-likeness (QED) is 0.743. The molecule has 0 unspecified atom stereocenters. The van der Waals surface area contributed by atoms with Gasteiger partial charge >= 0.3 is 0 Å². The predicted octanol–water partition coefficient (Wildman–Crippen LogP) is 2.62. The summed E-state index contributed by atoms with van der Waals surface area (Å²) >= 11 is 11.5. The van der Waals surface area contributed by atoms with E-state index in [0.717, 1.165) is 0 Å². The zero-order valence-electron chi connectivity index (χ0n) is 9.50. The van der Waals surface area contributed by atoms with Crippen molar-refractivity contribution in [2.75, 3.05) is 5.32 Å². The van der Waals surface area contributed by atoms with Crippen molar-refractivity contribution in [1.29, 1.82) is 0 Å². The number of benzene rings is 1. The summed E-state index contributed by atoms with van der Waals surface area (Å²) in [5.74, 6) is -0.504. The fraction of sp³-hybridized carbons (Fsp3) is 0.364. The van der Waals surface area contributed by atoms with Crippen molar-refractivity contribution >= 4 is 34.8 Å². The van der Waals surface area contributed by atoms with E-state index in [1.165, 1.54) is 12.1 Å². The van der Waals surface area contributed by atoms with Gasteiger partial charge in [0.25, 0.3) is 0 Å². The second-order valence-corrected chi connectivity index (χ2v) is 4.86. The Balaban J connectivity index is 2.86. The Morgan fingerprint density at radius 2 is 1.82 bits per heavy atom. The molecular formula is C11H14Cl2N2O2. The number of amides is 1. The lowest BCUT2D eigenvalue weighted by atomic mass is 10.0. The van der Waals surface area contributed by atoms with Gasteiger partial charge in [-0.1, -0.05) is 37.0 Å². The summed E-state index contributed by atoms with van der Waals surface area (Å²) in [6.45, 7) is 3.70. The molecule has 94 valence electrons. The van der Waals surface area contributed by atoms with Crippen molar-refractivity contribution in [3.8, 4) is 5.75 Å². The van der Waals surface area contributed by atoms with Crippen LogP contribution in [0.5, 0.6) is 5.75 Å². The second-order valence-electron chi connectivity index (χ2n) is 4.05. The third kappa shape index (κ3) is 3.49. The van der Waals surface area contributed by atoms with Gasteiger partial charge in [0.1, 0.15) is 0 Å². The van der Waals surface area contributed by atoms with Crippen LogP contribution in [0.4, 0.5) is 5.69 Å². The largest absolute Gasteiger partial charge is 0.505 e. The van der Waals surface area contributed by atoms with Gasteiger partial charge in [-0.15, -0.1) is 0 Å². The molecule has 1 rings (SSSR count). The molecule has 0 spiro atoms. The molecule has 0 fully saturated rings.